The zero-order valence-corrected chi connectivity index (χ0v) is 14.1. The van der Waals surface area contributed by atoms with Crippen molar-refractivity contribution in [2.75, 3.05) is 6.61 Å². The lowest BCUT2D eigenvalue weighted by Gasteiger charge is -2.06. The molecule has 0 saturated heterocycles. The van der Waals surface area contributed by atoms with E-state index in [-0.39, 0.29) is 12.4 Å². The van der Waals surface area contributed by atoms with Gasteiger partial charge in [-0.25, -0.2) is 0 Å². The quantitative estimate of drug-likeness (QED) is 0.360. The number of ether oxygens (including phenoxy) is 1. The van der Waals surface area contributed by atoms with Gasteiger partial charge in [0.1, 0.15) is 5.75 Å². The van der Waals surface area contributed by atoms with Gasteiger partial charge < -0.3 is 4.74 Å². The van der Waals surface area contributed by atoms with Gasteiger partial charge in [-0.15, -0.1) is 0 Å². The fourth-order valence-corrected chi connectivity index (χ4v) is 2.48. The van der Waals surface area contributed by atoms with Gasteiger partial charge in [-0.3, -0.25) is 4.79 Å². The van der Waals surface area contributed by atoms with E-state index in [1.165, 1.54) is 0 Å². The number of rotatable bonds is 6. The third-order valence-corrected chi connectivity index (χ3v) is 3.86. The maximum Gasteiger partial charge on any atom is 0.200 e. The number of carbonyl (C=O) groups is 1. The minimum Gasteiger partial charge on any atom is -0.485 e. The zero-order valence-electron chi connectivity index (χ0n) is 14.1. The molecular formula is C23H17NO2. The molecule has 0 amide bonds. The Bertz CT molecular complexity index is 937. The fraction of sp³-hybridized carbons (Fsp3) is 0.0435. The Balaban J connectivity index is 1.66. The predicted molar refractivity (Wildman–Crippen MR) is 103 cm³/mol. The Morgan fingerprint density at radius 2 is 1.42 bits per heavy atom. The maximum atomic E-state index is 12.1. The molecule has 0 fully saturated rings. The molecule has 0 heterocycles. The molecule has 0 aliphatic rings. The summed E-state index contributed by atoms with van der Waals surface area (Å²) < 4.78 is 5.56. The maximum absolute atomic E-state index is 12.1. The van der Waals surface area contributed by atoms with Crippen molar-refractivity contribution in [1.82, 2.24) is 0 Å². The molecule has 3 rings (SSSR count). The van der Waals surface area contributed by atoms with E-state index in [0.717, 1.165) is 11.1 Å². The Morgan fingerprint density at radius 3 is 2.00 bits per heavy atom. The van der Waals surface area contributed by atoms with Gasteiger partial charge in [0.2, 0.25) is 0 Å². The van der Waals surface area contributed by atoms with Crippen molar-refractivity contribution < 1.29 is 9.53 Å². The van der Waals surface area contributed by atoms with E-state index < -0.39 is 0 Å². The molecule has 0 saturated carbocycles. The molecule has 0 radical (unpaired) electrons. The number of benzene rings is 3. The minimum atomic E-state index is -0.0644. The van der Waals surface area contributed by atoms with Gasteiger partial charge in [-0.1, -0.05) is 72.8 Å². The molecule has 0 aromatic heterocycles. The number of hydrogen-bond donors (Lipinski definition) is 0. The molecule has 3 aromatic rings. The van der Waals surface area contributed by atoms with Crippen LogP contribution in [-0.2, 0) is 0 Å². The highest BCUT2D eigenvalue weighted by Crippen LogP contribution is 2.19. The number of Topliss-reactive ketones (excluding diaryl/α,β-unsaturated/α-hetero) is 1. The largest absolute Gasteiger partial charge is 0.485 e. The van der Waals surface area contributed by atoms with Gasteiger partial charge in [-0.05, 0) is 29.3 Å². The molecule has 0 bridgehead atoms. The zero-order chi connectivity index (χ0) is 18.2. The van der Waals surface area contributed by atoms with E-state index in [9.17, 15) is 10.1 Å². The van der Waals surface area contributed by atoms with Crippen LogP contribution < -0.4 is 4.74 Å². The van der Waals surface area contributed by atoms with Crippen LogP contribution in [0.15, 0.2) is 84.9 Å². The van der Waals surface area contributed by atoms with Crippen molar-refractivity contribution in [2.24, 2.45) is 0 Å². The second-order valence-corrected chi connectivity index (χ2v) is 5.68. The van der Waals surface area contributed by atoms with Crippen molar-refractivity contribution in [3.05, 3.63) is 102 Å². The molecule has 126 valence electrons. The highest BCUT2D eigenvalue weighted by molar-refractivity contribution is 5.97. The molecule has 0 atom stereocenters. The molecule has 0 unspecified atom stereocenters. The number of nitrogens with zero attached hydrogens (tertiary/aromatic N) is 1. The van der Waals surface area contributed by atoms with E-state index in [4.69, 9.17) is 4.74 Å². The number of allylic oxidation sites excluding steroid dienone is 1. The lowest BCUT2D eigenvalue weighted by atomic mass is 10.0. The molecule has 3 nitrogen and oxygen atoms in total. The Hall–Kier alpha value is -3.64. The first-order valence-electron chi connectivity index (χ1n) is 8.24. The number of hydrogen-bond acceptors (Lipinski definition) is 3. The van der Waals surface area contributed by atoms with E-state index >= 15 is 0 Å². The standard InChI is InChI=1S/C23H17NO2/c24-16-21(19-7-3-1-4-8-19)15-18-11-13-22(14-12-18)26-17-23(25)20-9-5-2-6-10-20/h1-15H,17H2. The van der Waals surface area contributed by atoms with Crippen molar-refractivity contribution in [3.8, 4) is 11.8 Å². The first-order valence-corrected chi connectivity index (χ1v) is 8.24. The van der Waals surface area contributed by atoms with Gasteiger partial charge in [0.25, 0.3) is 0 Å². The summed E-state index contributed by atoms with van der Waals surface area (Å²) in [5, 5.41) is 9.37. The second kappa shape index (κ2) is 8.46. The molecule has 3 heteroatoms. The van der Waals surface area contributed by atoms with Crippen LogP contribution >= 0.6 is 0 Å². The van der Waals surface area contributed by atoms with Crippen LogP contribution in [-0.4, -0.2) is 12.4 Å². The van der Waals surface area contributed by atoms with Crippen LogP contribution in [0.3, 0.4) is 0 Å². The summed E-state index contributed by atoms with van der Waals surface area (Å²) in [6, 6.07) is 28.1. The topological polar surface area (TPSA) is 50.1 Å². The summed E-state index contributed by atoms with van der Waals surface area (Å²) in [5.74, 6) is 0.551. The fourth-order valence-electron chi connectivity index (χ4n) is 2.48. The third kappa shape index (κ3) is 4.46. The molecule has 3 aromatic carbocycles. The van der Waals surface area contributed by atoms with Crippen molar-refractivity contribution in [2.45, 2.75) is 0 Å². The molecular weight excluding hydrogens is 322 g/mol. The summed E-state index contributed by atoms with van der Waals surface area (Å²) >= 11 is 0. The number of ketones is 1. The molecule has 0 spiro atoms. The molecule has 26 heavy (non-hydrogen) atoms. The highest BCUT2D eigenvalue weighted by Gasteiger charge is 2.06. The average molecular weight is 339 g/mol. The average Bonchev–Trinajstić information content (AvgIpc) is 2.72. The van der Waals surface area contributed by atoms with Crippen LogP contribution in [0.4, 0.5) is 0 Å². The van der Waals surface area contributed by atoms with E-state index in [0.29, 0.717) is 16.9 Å². The first kappa shape index (κ1) is 17.2. The van der Waals surface area contributed by atoms with Gasteiger partial charge in [-0.2, -0.15) is 5.26 Å². The number of nitriles is 1. The normalized spacial score (nSPS) is 10.8. The van der Waals surface area contributed by atoms with E-state index in [1.807, 2.05) is 66.7 Å². The first-order chi connectivity index (χ1) is 12.8. The molecule has 0 N–H and O–H groups in total. The van der Waals surface area contributed by atoms with Crippen LogP contribution in [0.5, 0.6) is 5.75 Å². The van der Waals surface area contributed by atoms with Crippen molar-refractivity contribution >= 4 is 17.4 Å². The van der Waals surface area contributed by atoms with Crippen molar-refractivity contribution in [1.29, 1.82) is 5.26 Å². The summed E-state index contributed by atoms with van der Waals surface area (Å²) in [5.41, 5.74) is 3.00. The smallest absolute Gasteiger partial charge is 0.200 e. The lowest BCUT2D eigenvalue weighted by Crippen LogP contribution is -2.11. The lowest BCUT2D eigenvalue weighted by molar-refractivity contribution is 0.0921. The van der Waals surface area contributed by atoms with Crippen molar-refractivity contribution in [3.63, 3.8) is 0 Å². The van der Waals surface area contributed by atoms with E-state index in [1.54, 1.807) is 24.3 Å². The summed E-state index contributed by atoms with van der Waals surface area (Å²) in [7, 11) is 0. The Kier molecular flexibility index (Phi) is 5.59. The predicted octanol–water partition coefficient (Wildman–Crippen LogP) is 5.01. The highest BCUT2D eigenvalue weighted by atomic mass is 16.5. The van der Waals surface area contributed by atoms with Gasteiger partial charge in [0.05, 0.1) is 11.6 Å². The Morgan fingerprint density at radius 1 is 0.846 bits per heavy atom. The third-order valence-electron chi connectivity index (χ3n) is 3.86. The van der Waals surface area contributed by atoms with E-state index in [2.05, 4.69) is 6.07 Å². The second-order valence-electron chi connectivity index (χ2n) is 5.68. The summed E-state index contributed by atoms with van der Waals surface area (Å²) in [6.07, 6.45) is 1.83. The van der Waals surface area contributed by atoms with Crippen LogP contribution in [0.2, 0.25) is 0 Å². The Labute approximate surface area is 152 Å². The van der Waals surface area contributed by atoms with Gasteiger partial charge >= 0.3 is 0 Å². The van der Waals surface area contributed by atoms with Crippen LogP contribution in [0.1, 0.15) is 21.5 Å². The van der Waals surface area contributed by atoms with Crippen LogP contribution in [0, 0.1) is 11.3 Å². The number of carbonyl (C=O) groups excluding carboxylic acids is 1. The van der Waals surface area contributed by atoms with Crippen LogP contribution in [0.25, 0.3) is 11.6 Å². The summed E-state index contributed by atoms with van der Waals surface area (Å²) in [4.78, 5) is 12.1. The van der Waals surface area contributed by atoms with Gasteiger partial charge in [0.15, 0.2) is 12.4 Å². The minimum absolute atomic E-state index is 0.00728. The summed E-state index contributed by atoms with van der Waals surface area (Å²) in [6.45, 7) is -0.00728. The molecule has 0 aliphatic heterocycles. The SMILES string of the molecule is N#CC(=Cc1ccc(OCC(=O)c2ccccc2)cc1)c1ccccc1. The van der Waals surface area contributed by atoms with Gasteiger partial charge in [0, 0.05) is 5.56 Å². The monoisotopic (exact) mass is 339 g/mol. The molecule has 0 aliphatic carbocycles.